The summed E-state index contributed by atoms with van der Waals surface area (Å²) in [6.07, 6.45) is 0.405. The molecule has 13 heteroatoms. The van der Waals surface area contributed by atoms with Gasteiger partial charge in [0.25, 0.3) is 5.91 Å². The molecule has 1 amide bonds. The summed E-state index contributed by atoms with van der Waals surface area (Å²) in [4.78, 5) is 23.9. The van der Waals surface area contributed by atoms with E-state index in [0.717, 1.165) is 17.3 Å². The van der Waals surface area contributed by atoms with Crippen LogP contribution in [-0.4, -0.2) is 47.6 Å². The van der Waals surface area contributed by atoms with E-state index in [1.54, 1.807) is 33.7 Å². The molecule has 0 aliphatic carbocycles. The molecule has 9 nitrogen and oxygen atoms in total. The normalized spacial score (nSPS) is 19.1. The second kappa shape index (κ2) is 8.74. The van der Waals surface area contributed by atoms with Crippen molar-refractivity contribution < 1.29 is 27.1 Å². The average Bonchev–Trinajstić information content (AvgIpc) is 3.63. The number of imidazole rings is 1. The molecular formula is C27H21F4N7O2. The number of nitrogen functional groups attached to an aromatic ring is 1. The number of carbonyl (C=O) groups excluding carboxylic acids is 1. The number of carbonyl (C=O) groups is 1. The van der Waals surface area contributed by atoms with Gasteiger partial charge in [0.2, 0.25) is 0 Å². The van der Waals surface area contributed by atoms with Crippen LogP contribution in [0.5, 0.6) is 0 Å². The Kier molecular flexibility index (Phi) is 5.36. The second-order valence-corrected chi connectivity index (χ2v) is 9.93. The summed E-state index contributed by atoms with van der Waals surface area (Å²) in [5, 5.41) is 3.65. The van der Waals surface area contributed by atoms with Crippen molar-refractivity contribution in [1.29, 1.82) is 0 Å². The third-order valence-corrected chi connectivity index (χ3v) is 7.59. The van der Waals surface area contributed by atoms with Crippen LogP contribution in [0.25, 0.3) is 27.8 Å². The number of hydrogen-bond donors (Lipinski definition) is 1. The van der Waals surface area contributed by atoms with Gasteiger partial charge in [0, 0.05) is 24.4 Å². The molecule has 40 heavy (non-hydrogen) atoms. The molecule has 5 aromatic rings. The second-order valence-electron chi connectivity index (χ2n) is 9.93. The van der Waals surface area contributed by atoms with E-state index in [4.69, 9.17) is 10.5 Å². The van der Waals surface area contributed by atoms with Crippen LogP contribution < -0.4 is 5.73 Å². The first-order chi connectivity index (χ1) is 19.2. The molecule has 2 aromatic carbocycles. The molecule has 1 fully saturated rings. The highest BCUT2D eigenvalue weighted by Crippen LogP contribution is 2.41. The molecule has 0 radical (unpaired) electrons. The fraction of sp³-hybridized carbons (Fsp3) is 0.259. The molecular weight excluding hydrogens is 530 g/mol. The first kappa shape index (κ1) is 24.5. The van der Waals surface area contributed by atoms with Crippen molar-refractivity contribution in [3.05, 3.63) is 77.6 Å². The smallest absolute Gasteiger partial charge is 0.382 e. The third-order valence-electron chi connectivity index (χ3n) is 7.59. The molecule has 3 aromatic heterocycles. The maximum absolute atomic E-state index is 15.4. The Morgan fingerprint density at radius 2 is 1.98 bits per heavy atom. The van der Waals surface area contributed by atoms with Crippen molar-refractivity contribution in [2.45, 2.75) is 37.9 Å². The number of nitrogens with zero attached hydrogens (tertiary/aromatic N) is 6. The first-order valence-corrected chi connectivity index (χ1v) is 12.6. The van der Waals surface area contributed by atoms with Gasteiger partial charge in [0.1, 0.15) is 17.2 Å². The maximum atomic E-state index is 15.4. The zero-order chi connectivity index (χ0) is 27.8. The number of likely N-dealkylation sites (tertiary alicyclic amines) is 1. The van der Waals surface area contributed by atoms with Crippen molar-refractivity contribution in [2.24, 2.45) is 0 Å². The van der Waals surface area contributed by atoms with Crippen molar-refractivity contribution in [3.63, 3.8) is 0 Å². The Morgan fingerprint density at radius 3 is 2.77 bits per heavy atom. The Balaban J connectivity index is 1.27. The summed E-state index contributed by atoms with van der Waals surface area (Å²) < 4.78 is 62.2. The zero-order valence-electron chi connectivity index (χ0n) is 20.8. The van der Waals surface area contributed by atoms with Gasteiger partial charge >= 0.3 is 6.30 Å². The van der Waals surface area contributed by atoms with Gasteiger partial charge in [0.15, 0.2) is 0 Å². The predicted octanol–water partition coefficient (Wildman–Crippen LogP) is 4.82. The predicted molar refractivity (Wildman–Crippen MR) is 135 cm³/mol. The molecule has 0 saturated carbocycles. The summed E-state index contributed by atoms with van der Waals surface area (Å²) >= 11 is 0. The summed E-state index contributed by atoms with van der Waals surface area (Å²) in [7, 11) is 0. The van der Waals surface area contributed by atoms with Gasteiger partial charge in [-0.05, 0) is 42.2 Å². The maximum Gasteiger partial charge on any atom is 0.504 e. The fourth-order valence-electron chi connectivity index (χ4n) is 5.74. The van der Waals surface area contributed by atoms with Gasteiger partial charge in [-0.25, -0.2) is 14.4 Å². The van der Waals surface area contributed by atoms with Crippen molar-refractivity contribution in [1.82, 2.24) is 29.0 Å². The van der Waals surface area contributed by atoms with Gasteiger partial charge in [-0.1, -0.05) is 12.1 Å². The van der Waals surface area contributed by atoms with Crippen LogP contribution in [0, 0.1) is 5.82 Å². The van der Waals surface area contributed by atoms with E-state index in [9.17, 15) is 18.0 Å². The number of fused-ring (bicyclic) bond motifs is 6. The van der Waals surface area contributed by atoms with Gasteiger partial charge in [-0.15, -0.1) is 13.2 Å². The molecule has 2 N–H and O–H groups in total. The van der Waals surface area contributed by atoms with Crippen molar-refractivity contribution >= 4 is 28.3 Å². The Morgan fingerprint density at radius 1 is 1.12 bits per heavy atom. The number of benzene rings is 2. The van der Waals surface area contributed by atoms with Crippen LogP contribution in [0.3, 0.4) is 0 Å². The van der Waals surface area contributed by atoms with Crippen molar-refractivity contribution in [3.8, 4) is 11.3 Å². The minimum absolute atomic E-state index is 0.0463. The number of amides is 1. The average molecular weight is 552 g/mol. The third kappa shape index (κ3) is 3.79. The van der Waals surface area contributed by atoms with Gasteiger partial charge in [-0.2, -0.15) is 9.78 Å². The van der Waals surface area contributed by atoms with E-state index in [1.165, 1.54) is 24.5 Å². The molecule has 2 atom stereocenters. The fourth-order valence-corrected chi connectivity index (χ4v) is 5.74. The topological polar surface area (TPSA) is 104 Å². The summed E-state index contributed by atoms with van der Waals surface area (Å²) in [6.45, 7) is 0.626. The lowest BCUT2D eigenvalue weighted by Crippen LogP contribution is -2.48. The zero-order valence-corrected chi connectivity index (χ0v) is 20.8. The Bertz CT molecular complexity index is 1810. The van der Waals surface area contributed by atoms with Crippen LogP contribution in [0.15, 0.2) is 55.1 Å². The Labute approximate surface area is 223 Å². The van der Waals surface area contributed by atoms with E-state index in [2.05, 4.69) is 15.1 Å². The van der Waals surface area contributed by atoms with E-state index in [-0.39, 0.29) is 34.5 Å². The summed E-state index contributed by atoms with van der Waals surface area (Å²) in [5.41, 5.74) is 9.40. The number of anilines is 1. The van der Waals surface area contributed by atoms with Gasteiger partial charge in [-0.3, -0.25) is 9.20 Å². The molecule has 0 bridgehead atoms. The number of hydrogen-bond acceptors (Lipinski definition) is 6. The number of aromatic nitrogens is 5. The number of rotatable bonds is 2. The number of ether oxygens (including phenoxy) is 1. The Hall–Kier alpha value is -4.52. The van der Waals surface area contributed by atoms with E-state index in [1.807, 2.05) is 0 Å². The molecule has 7 rings (SSSR count). The summed E-state index contributed by atoms with van der Waals surface area (Å²) in [5.74, 6) is -1.02. The quantitative estimate of drug-likeness (QED) is 0.316. The van der Waals surface area contributed by atoms with Crippen LogP contribution in [-0.2, 0) is 17.6 Å². The largest absolute Gasteiger partial charge is 0.504 e. The molecule has 2 aliphatic rings. The highest BCUT2D eigenvalue weighted by molar-refractivity contribution is 5.99. The van der Waals surface area contributed by atoms with E-state index >= 15 is 4.39 Å². The lowest BCUT2D eigenvalue weighted by Gasteiger charge is -2.44. The lowest BCUT2D eigenvalue weighted by atomic mass is 9.86. The van der Waals surface area contributed by atoms with Gasteiger partial charge in [0.05, 0.1) is 53.6 Å². The molecule has 5 heterocycles. The van der Waals surface area contributed by atoms with Crippen LogP contribution in [0.2, 0.25) is 0 Å². The van der Waals surface area contributed by atoms with E-state index in [0.29, 0.717) is 41.5 Å². The molecule has 204 valence electrons. The highest BCUT2D eigenvalue weighted by atomic mass is 19.4. The van der Waals surface area contributed by atoms with Crippen LogP contribution >= 0.6 is 0 Å². The first-order valence-electron chi connectivity index (χ1n) is 12.6. The standard InChI is InChI=1S/C27H21F4N7O2/c28-18-10-20-21(37-13-33-11-22(37)25(32)34-20)9-17(18)26(39)36-6-1-2-23-24(36)16-4-3-14(8-15(16)12-40-23)19-5-7-38(35-19)27(29,30)31/h3-5,7-11,13,23-24H,1-2,6,12H2,(H2,32,34). The minimum atomic E-state index is -4.61. The van der Waals surface area contributed by atoms with Crippen LogP contribution in [0.1, 0.15) is 40.4 Å². The van der Waals surface area contributed by atoms with Crippen molar-refractivity contribution in [2.75, 3.05) is 12.3 Å². The number of alkyl halides is 3. The van der Waals surface area contributed by atoms with Gasteiger partial charge < -0.3 is 15.4 Å². The molecule has 0 spiro atoms. The molecule has 2 aliphatic heterocycles. The number of halogens is 4. The monoisotopic (exact) mass is 551 g/mol. The molecule has 2 unspecified atom stereocenters. The van der Waals surface area contributed by atoms with E-state index < -0.39 is 24.1 Å². The SMILES string of the molecule is Nc1nc2cc(F)c(C(=O)N3CCCC4OCc5cc(-c6ccn(C(F)(F)F)n6)ccc5C43)cc2n2cncc12. The highest BCUT2D eigenvalue weighted by Gasteiger charge is 2.41. The van der Waals surface area contributed by atoms with Crippen LogP contribution in [0.4, 0.5) is 23.4 Å². The summed E-state index contributed by atoms with van der Waals surface area (Å²) in [6, 6.07) is 8.67. The number of piperidine rings is 1. The molecule has 1 saturated heterocycles. The lowest BCUT2D eigenvalue weighted by molar-refractivity contribution is -0.212. The number of nitrogens with two attached hydrogens (primary N) is 1. The minimum Gasteiger partial charge on any atom is -0.382 e.